The van der Waals surface area contributed by atoms with E-state index in [0.29, 0.717) is 61.3 Å². The first kappa shape index (κ1) is 32.1. The summed E-state index contributed by atoms with van der Waals surface area (Å²) in [4.78, 5) is 28.1. The van der Waals surface area contributed by atoms with Crippen LogP contribution in [0.15, 0.2) is 47.3 Å². The van der Waals surface area contributed by atoms with Crippen LogP contribution in [-0.2, 0) is 34.0 Å². The van der Waals surface area contributed by atoms with Crippen LogP contribution in [0.3, 0.4) is 0 Å². The average molecular weight is 647 g/mol. The van der Waals surface area contributed by atoms with Crippen LogP contribution in [0.1, 0.15) is 11.4 Å². The van der Waals surface area contributed by atoms with Gasteiger partial charge in [0.15, 0.2) is 0 Å². The fraction of sp³-hybridized carbons (Fsp3) is 0.452. The minimum atomic E-state index is -2.64. The molecule has 1 saturated heterocycles. The molecule has 1 fully saturated rings. The lowest BCUT2D eigenvalue weighted by molar-refractivity contribution is -0.136. The van der Waals surface area contributed by atoms with Crippen LogP contribution in [0, 0.1) is 0 Å². The Morgan fingerprint density at radius 1 is 1.11 bits per heavy atom. The van der Waals surface area contributed by atoms with E-state index in [1.54, 1.807) is 29.2 Å². The van der Waals surface area contributed by atoms with Gasteiger partial charge in [-0.05, 0) is 24.2 Å². The number of halogens is 3. The highest BCUT2D eigenvalue weighted by Gasteiger charge is 2.21. The van der Waals surface area contributed by atoms with Crippen molar-refractivity contribution in [3.8, 4) is 5.75 Å². The molecule has 2 aromatic heterocycles. The molecule has 1 aliphatic heterocycles. The molecule has 0 unspecified atom stereocenters. The van der Waals surface area contributed by atoms with Gasteiger partial charge in [0.1, 0.15) is 25.6 Å². The molecule has 4 aromatic rings. The van der Waals surface area contributed by atoms with Crippen molar-refractivity contribution >= 4 is 47.3 Å². The van der Waals surface area contributed by atoms with E-state index in [4.69, 9.17) is 30.9 Å². The molecule has 0 bridgehead atoms. The first-order chi connectivity index (χ1) is 21.0. The summed E-state index contributed by atoms with van der Waals surface area (Å²) in [5.74, 6) is -0.0359. The summed E-state index contributed by atoms with van der Waals surface area (Å²) in [7, 11) is -1.34. The van der Waals surface area contributed by atoms with Crippen LogP contribution in [0.5, 0.6) is 5.75 Å². The normalized spacial score (nSPS) is 14.2. The number of morpholine rings is 1. The van der Waals surface area contributed by atoms with E-state index >= 15 is 0 Å². The number of amides is 1. The van der Waals surface area contributed by atoms with Crippen molar-refractivity contribution in [2.75, 3.05) is 39.5 Å². The van der Waals surface area contributed by atoms with Crippen LogP contribution < -0.4 is 10.3 Å². The number of aromatic nitrogens is 3. The topological polar surface area (TPSA) is 87.8 Å². The smallest absolute Gasteiger partial charge is 0.275 e. The lowest BCUT2D eigenvalue weighted by Crippen LogP contribution is -2.44. The number of rotatable bonds is 12. The number of fused-ring (bicyclic) bond motifs is 2. The Labute approximate surface area is 260 Å². The largest absolute Gasteiger partial charge is 0.486 e. The molecule has 44 heavy (non-hydrogen) atoms. The summed E-state index contributed by atoms with van der Waals surface area (Å²) < 4.78 is 45.8. The van der Waals surface area contributed by atoms with Crippen molar-refractivity contribution in [3.05, 3.63) is 69.2 Å². The zero-order valence-corrected chi connectivity index (χ0v) is 26.9. The van der Waals surface area contributed by atoms with Crippen molar-refractivity contribution in [2.45, 2.75) is 51.8 Å². The van der Waals surface area contributed by atoms with Crippen molar-refractivity contribution in [1.82, 2.24) is 19.2 Å². The van der Waals surface area contributed by atoms with Gasteiger partial charge in [-0.3, -0.25) is 9.59 Å². The Hall–Kier alpha value is -3.32. The number of hydrogen-bond acceptors (Lipinski definition) is 6. The number of alkyl halides is 2. The first-order valence-corrected chi connectivity index (χ1v) is 18.7. The van der Waals surface area contributed by atoms with E-state index in [1.807, 2.05) is 22.8 Å². The highest BCUT2D eigenvalue weighted by molar-refractivity contribution is 6.76. The summed E-state index contributed by atoms with van der Waals surface area (Å²) in [6.07, 6.45) is -2.33. The van der Waals surface area contributed by atoms with E-state index < -0.39 is 21.1 Å². The van der Waals surface area contributed by atoms with Gasteiger partial charge in [-0.1, -0.05) is 49.4 Å². The third-order valence-electron chi connectivity index (χ3n) is 7.56. The van der Waals surface area contributed by atoms with Gasteiger partial charge in [0.05, 0.1) is 34.8 Å². The average Bonchev–Trinajstić information content (AvgIpc) is 3.31. The zero-order valence-electron chi connectivity index (χ0n) is 25.2. The molecule has 0 spiro atoms. The molecule has 1 aliphatic rings. The number of benzene rings is 2. The molecule has 3 heterocycles. The maximum absolute atomic E-state index is 13.4. The zero-order chi connectivity index (χ0) is 31.4. The maximum atomic E-state index is 13.4. The number of hydrogen-bond donors (Lipinski definition) is 0. The van der Waals surface area contributed by atoms with Gasteiger partial charge in [-0.15, -0.1) is 0 Å². The summed E-state index contributed by atoms with van der Waals surface area (Å²) >= 11 is 6.41. The van der Waals surface area contributed by atoms with E-state index in [9.17, 15) is 18.4 Å². The number of carbonyl (C=O) groups excluding carboxylic acids is 1. The molecule has 0 atom stereocenters. The second kappa shape index (κ2) is 13.8. The Bertz CT molecular complexity index is 1700. The Kier molecular flexibility index (Phi) is 10.0. The molecule has 0 saturated carbocycles. The quantitative estimate of drug-likeness (QED) is 0.151. The molecule has 1 amide bonds. The van der Waals surface area contributed by atoms with Crippen molar-refractivity contribution in [2.24, 2.45) is 0 Å². The molecule has 0 aliphatic carbocycles. The van der Waals surface area contributed by atoms with Gasteiger partial charge in [-0.2, -0.15) is 5.10 Å². The second-order valence-electron chi connectivity index (χ2n) is 12.1. The lowest BCUT2D eigenvalue weighted by atomic mass is 10.1. The molecular weight excluding hydrogens is 610 g/mol. The Morgan fingerprint density at radius 2 is 1.84 bits per heavy atom. The van der Waals surface area contributed by atoms with Gasteiger partial charge in [-0.25, -0.2) is 13.5 Å². The van der Waals surface area contributed by atoms with Crippen molar-refractivity contribution in [3.63, 3.8) is 0 Å². The van der Waals surface area contributed by atoms with Gasteiger partial charge in [0.2, 0.25) is 5.91 Å². The number of carbonyl (C=O) groups is 1. The van der Waals surface area contributed by atoms with Gasteiger partial charge in [0.25, 0.3) is 12.0 Å². The molecule has 13 heteroatoms. The van der Waals surface area contributed by atoms with E-state index in [-0.39, 0.29) is 35.5 Å². The van der Waals surface area contributed by atoms with E-state index in [2.05, 4.69) is 19.6 Å². The lowest BCUT2D eigenvalue weighted by Gasteiger charge is -2.27. The highest BCUT2D eigenvalue weighted by Crippen LogP contribution is 2.33. The Balaban J connectivity index is 1.53. The Morgan fingerprint density at radius 3 is 2.55 bits per heavy atom. The second-order valence-corrected chi connectivity index (χ2v) is 18.1. The molecular formula is C31H37ClF2N4O5Si. The molecule has 5 rings (SSSR count). The monoisotopic (exact) mass is 646 g/mol. The maximum Gasteiger partial charge on any atom is 0.275 e. The van der Waals surface area contributed by atoms with Crippen LogP contribution in [0.25, 0.3) is 21.7 Å². The van der Waals surface area contributed by atoms with Crippen LogP contribution in [0.4, 0.5) is 8.78 Å². The van der Waals surface area contributed by atoms with Gasteiger partial charge >= 0.3 is 0 Å². The summed E-state index contributed by atoms with van der Waals surface area (Å²) in [5, 5.41) is 6.85. The summed E-state index contributed by atoms with van der Waals surface area (Å²) in [6.45, 7) is 8.52. The summed E-state index contributed by atoms with van der Waals surface area (Å²) in [6, 6.07) is 13.5. The predicted octanol–water partition coefficient (Wildman–Crippen LogP) is 5.41. The van der Waals surface area contributed by atoms with Gasteiger partial charge in [0, 0.05) is 56.7 Å². The molecule has 9 nitrogen and oxygen atoms in total. The number of ether oxygens (including phenoxy) is 3. The fourth-order valence-electron chi connectivity index (χ4n) is 5.17. The van der Waals surface area contributed by atoms with Crippen LogP contribution >= 0.6 is 11.6 Å². The molecule has 2 aromatic carbocycles. The minimum Gasteiger partial charge on any atom is -0.486 e. The third kappa shape index (κ3) is 7.66. The van der Waals surface area contributed by atoms with Crippen molar-refractivity contribution < 1.29 is 27.8 Å². The fourth-order valence-corrected chi connectivity index (χ4v) is 6.15. The van der Waals surface area contributed by atoms with E-state index in [0.717, 1.165) is 17.1 Å². The molecule has 0 N–H and O–H groups in total. The first-order valence-electron chi connectivity index (χ1n) is 14.6. The highest BCUT2D eigenvalue weighted by atomic mass is 35.5. The molecule has 236 valence electrons. The predicted molar refractivity (Wildman–Crippen MR) is 169 cm³/mol. The van der Waals surface area contributed by atoms with Crippen molar-refractivity contribution in [1.29, 1.82) is 0 Å². The SMILES string of the molecule is C[Si](C)(C)CCOCn1c(Cc2nn(CC(=O)N3CCOCC3)c(=O)c3ccccc23)cc2cc(Cl)c(OCC(F)F)cc21. The molecule has 0 radical (unpaired) electrons. The number of nitrogens with zero attached hydrogens (tertiary/aromatic N) is 4. The minimum absolute atomic E-state index is 0.159. The van der Waals surface area contributed by atoms with Crippen LogP contribution in [-0.4, -0.2) is 79.2 Å². The summed E-state index contributed by atoms with van der Waals surface area (Å²) in [5.41, 5.74) is 1.80. The third-order valence-corrected chi connectivity index (χ3v) is 9.56. The van der Waals surface area contributed by atoms with E-state index in [1.165, 1.54) is 4.68 Å². The standard InChI is InChI=1S/C31H37ClF2N4O5Si/c1-44(2,3)13-12-42-20-37-22(14-21-15-25(32)28(17-27(21)37)43-19-29(33)34)16-26-23-6-4-5-7-24(23)31(40)38(35-26)18-30(39)36-8-10-41-11-9-36/h4-7,14-15,17,29H,8-13,16,18-20H2,1-3H3. The van der Waals surface area contributed by atoms with Gasteiger partial charge < -0.3 is 23.7 Å². The van der Waals surface area contributed by atoms with Crippen LogP contribution in [0.2, 0.25) is 30.7 Å².